The Labute approximate surface area is 199 Å². The molecule has 1 N–H and O–H groups in total. The van der Waals surface area contributed by atoms with Gasteiger partial charge in [-0.15, -0.1) is 11.3 Å². The number of likely N-dealkylation sites (tertiary alicyclic amines) is 1. The highest BCUT2D eigenvalue weighted by Gasteiger charge is 2.47. The summed E-state index contributed by atoms with van der Waals surface area (Å²) in [6.45, 7) is 4.26. The number of nitrogens with zero attached hydrogens (tertiary/aromatic N) is 4. The van der Waals surface area contributed by atoms with Gasteiger partial charge in [-0.25, -0.2) is 27.7 Å². The highest BCUT2D eigenvalue weighted by Crippen LogP contribution is 2.36. The number of thiophene rings is 1. The molecule has 2 aromatic rings. The number of halogens is 1. The van der Waals surface area contributed by atoms with Crippen molar-refractivity contribution < 1.29 is 22.7 Å². The van der Waals surface area contributed by atoms with E-state index in [4.69, 9.17) is 16.3 Å². The van der Waals surface area contributed by atoms with E-state index in [-0.39, 0.29) is 40.6 Å². The molecule has 2 bridgehead atoms. The fourth-order valence-corrected chi connectivity index (χ4v) is 6.59. The van der Waals surface area contributed by atoms with Crippen LogP contribution in [0.3, 0.4) is 0 Å². The van der Waals surface area contributed by atoms with E-state index in [1.165, 1.54) is 23.1 Å². The molecule has 2 aliphatic rings. The van der Waals surface area contributed by atoms with Crippen molar-refractivity contribution in [2.24, 2.45) is 0 Å². The lowest BCUT2D eigenvalue weighted by atomic mass is 10.1. The highest BCUT2D eigenvalue weighted by molar-refractivity contribution is 7.92. The van der Waals surface area contributed by atoms with Crippen molar-refractivity contribution in [1.29, 1.82) is 5.26 Å². The van der Waals surface area contributed by atoms with Gasteiger partial charge in [-0.05, 0) is 38.5 Å². The second-order valence-electron chi connectivity index (χ2n) is 7.64. The summed E-state index contributed by atoms with van der Waals surface area (Å²) in [4.78, 5) is 32.8. The molecule has 2 amide bonds. The van der Waals surface area contributed by atoms with Crippen molar-refractivity contribution in [2.75, 3.05) is 24.6 Å². The van der Waals surface area contributed by atoms with Crippen LogP contribution in [-0.4, -0.2) is 62.1 Å². The largest absolute Gasteiger partial charge is 0.462 e. The van der Waals surface area contributed by atoms with Crippen LogP contribution in [0.25, 0.3) is 0 Å². The minimum Gasteiger partial charge on any atom is -0.462 e. The molecule has 4 heterocycles. The standard InChI is InChI=1S/C20H20ClN5O5S2/c1-3-31-19(27)15-6-12(8-22)18(23-11(15)2)25-9-14-7-13(25)10-26(14)20(28)24-33(29,30)17-5-4-16(21)32-17/h4-6,13-14H,3,7,9-10H2,1-2H3,(H,24,28). The zero-order valence-corrected chi connectivity index (χ0v) is 20.1. The average molecular weight is 510 g/mol. The first-order chi connectivity index (χ1) is 15.6. The van der Waals surface area contributed by atoms with Crippen LogP contribution in [0, 0.1) is 18.3 Å². The number of anilines is 1. The lowest BCUT2D eigenvalue weighted by molar-refractivity contribution is 0.0525. The van der Waals surface area contributed by atoms with Crippen LogP contribution in [0.4, 0.5) is 10.6 Å². The number of amides is 2. The SMILES string of the molecule is CCOC(=O)c1cc(C#N)c(N2CC3CC2CN3C(=O)NS(=O)(=O)c2ccc(Cl)s2)nc1C. The molecule has 33 heavy (non-hydrogen) atoms. The molecule has 2 atom stereocenters. The van der Waals surface area contributed by atoms with Crippen LogP contribution in [0.1, 0.15) is 35.0 Å². The molecule has 13 heteroatoms. The molecule has 2 aliphatic heterocycles. The number of carbonyl (C=O) groups is 2. The Bertz CT molecular complexity index is 1270. The molecule has 0 radical (unpaired) electrons. The van der Waals surface area contributed by atoms with Crippen LogP contribution in [0.5, 0.6) is 0 Å². The molecule has 2 unspecified atom stereocenters. The molecule has 10 nitrogen and oxygen atoms in total. The summed E-state index contributed by atoms with van der Waals surface area (Å²) in [5.41, 5.74) is 0.922. The average Bonchev–Trinajstić information content (AvgIpc) is 3.49. The zero-order valence-electron chi connectivity index (χ0n) is 17.7. The number of aryl methyl sites for hydroxylation is 1. The summed E-state index contributed by atoms with van der Waals surface area (Å²) in [5, 5.41) is 9.64. The summed E-state index contributed by atoms with van der Waals surface area (Å²) < 4.78 is 32.3. The van der Waals surface area contributed by atoms with E-state index >= 15 is 0 Å². The van der Waals surface area contributed by atoms with E-state index in [9.17, 15) is 23.3 Å². The van der Waals surface area contributed by atoms with Gasteiger partial charge in [0.25, 0.3) is 10.0 Å². The summed E-state index contributed by atoms with van der Waals surface area (Å²) in [6, 6.07) is 5.29. The summed E-state index contributed by atoms with van der Waals surface area (Å²) >= 11 is 6.67. The van der Waals surface area contributed by atoms with E-state index in [0.717, 1.165) is 11.3 Å². The third-order valence-electron chi connectivity index (χ3n) is 5.62. The van der Waals surface area contributed by atoms with Crippen molar-refractivity contribution in [2.45, 2.75) is 36.6 Å². The highest BCUT2D eigenvalue weighted by atomic mass is 35.5. The van der Waals surface area contributed by atoms with E-state index in [1.54, 1.807) is 13.8 Å². The van der Waals surface area contributed by atoms with Crippen LogP contribution < -0.4 is 9.62 Å². The number of rotatable bonds is 5. The molecule has 0 saturated carbocycles. The van der Waals surface area contributed by atoms with Gasteiger partial charge >= 0.3 is 12.0 Å². The van der Waals surface area contributed by atoms with Gasteiger partial charge in [-0.3, -0.25) is 0 Å². The number of aromatic nitrogens is 1. The second-order valence-corrected chi connectivity index (χ2v) is 11.3. The topological polar surface area (TPSA) is 133 Å². The van der Waals surface area contributed by atoms with Crippen molar-refractivity contribution in [3.05, 3.63) is 39.4 Å². The number of nitrogens with one attached hydrogen (secondary N) is 1. The number of hydrogen-bond donors (Lipinski definition) is 1. The van der Waals surface area contributed by atoms with Crippen LogP contribution in [0.2, 0.25) is 4.34 Å². The number of hydrogen-bond acceptors (Lipinski definition) is 9. The minimum absolute atomic E-state index is 0.0353. The number of nitriles is 1. The number of pyridine rings is 1. The van der Waals surface area contributed by atoms with Crippen LogP contribution in [-0.2, 0) is 14.8 Å². The quantitative estimate of drug-likeness (QED) is 0.608. The summed E-state index contributed by atoms with van der Waals surface area (Å²) in [7, 11) is -4.01. The zero-order chi connectivity index (χ0) is 23.9. The number of ether oxygens (including phenoxy) is 1. The van der Waals surface area contributed by atoms with E-state index in [2.05, 4.69) is 15.8 Å². The first-order valence-corrected chi connectivity index (χ1v) is 12.8. The van der Waals surface area contributed by atoms with Gasteiger partial charge in [0.05, 0.1) is 39.8 Å². The summed E-state index contributed by atoms with van der Waals surface area (Å²) in [5.74, 6) is -0.0963. The number of esters is 1. The third-order valence-corrected chi connectivity index (χ3v) is 8.66. The molecular formula is C20H20ClN5O5S2. The van der Waals surface area contributed by atoms with Crippen molar-refractivity contribution in [1.82, 2.24) is 14.6 Å². The lowest BCUT2D eigenvalue weighted by Gasteiger charge is -2.35. The number of sulfonamides is 1. The second kappa shape index (κ2) is 8.81. The van der Waals surface area contributed by atoms with Gasteiger partial charge < -0.3 is 14.5 Å². The summed E-state index contributed by atoms with van der Waals surface area (Å²) in [6.07, 6.45) is 0.615. The van der Waals surface area contributed by atoms with Gasteiger partial charge in [-0.1, -0.05) is 11.6 Å². The number of urea groups is 1. The van der Waals surface area contributed by atoms with Gasteiger partial charge in [0, 0.05) is 13.1 Å². The van der Waals surface area contributed by atoms with Gasteiger partial charge in [0.2, 0.25) is 0 Å². The Morgan fingerprint density at radius 1 is 1.36 bits per heavy atom. The molecule has 174 valence electrons. The maximum absolute atomic E-state index is 12.7. The Hall–Kier alpha value is -2.88. The van der Waals surface area contributed by atoms with Crippen molar-refractivity contribution in [3.8, 4) is 6.07 Å². The van der Waals surface area contributed by atoms with E-state index < -0.39 is 22.0 Å². The third kappa shape index (κ3) is 4.36. The van der Waals surface area contributed by atoms with Crippen LogP contribution in [0.15, 0.2) is 22.4 Å². The van der Waals surface area contributed by atoms with Crippen molar-refractivity contribution >= 4 is 50.8 Å². The number of fused-ring (bicyclic) bond motifs is 2. The Kier molecular flexibility index (Phi) is 6.22. The molecular weight excluding hydrogens is 490 g/mol. The Morgan fingerprint density at radius 2 is 2.12 bits per heavy atom. The molecule has 0 aromatic carbocycles. The lowest BCUT2D eigenvalue weighted by Crippen LogP contribution is -2.53. The van der Waals surface area contributed by atoms with Gasteiger partial charge in [0.15, 0.2) is 0 Å². The van der Waals surface area contributed by atoms with E-state index in [0.29, 0.717) is 28.8 Å². The fourth-order valence-electron chi connectivity index (χ4n) is 4.15. The van der Waals surface area contributed by atoms with Gasteiger partial charge in [-0.2, -0.15) is 5.26 Å². The maximum Gasteiger partial charge on any atom is 0.340 e. The molecule has 2 aromatic heterocycles. The molecule has 0 aliphatic carbocycles. The smallest absolute Gasteiger partial charge is 0.340 e. The first-order valence-electron chi connectivity index (χ1n) is 10.1. The normalized spacial score (nSPS) is 19.5. The predicted octanol–water partition coefficient (Wildman–Crippen LogP) is 2.51. The number of piperazine rings is 1. The van der Waals surface area contributed by atoms with Gasteiger partial charge in [0.1, 0.15) is 16.1 Å². The molecule has 0 spiro atoms. The van der Waals surface area contributed by atoms with Crippen LogP contribution >= 0.6 is 22.9 Å². The predicted molar refractivity (Wildman–Crippen MR) is 121 cm³/mol. The maximum atomic E-state index is 12.7. The van der Waals surface area contributed by atoms with Crippen molar-refractivity contribution in [3.63, 3.8) is 0 Å². The fraction of sp³-hybridized carbons (Fsp3) is 0.400. The minimum atomic E-state index is -4.01. The molecule has 2 saturated heterocycles. The Morgan fingerprint density at radius 3 is 2.70 bits per heavy atom. The number of carbonyl (C=O) groups excluding carboxylic acids is 2. The molecule has 2 fully saturated rings. The van der Waals surface area contributed by atoms with E-state index in [1.807, 2.05) is 4.90 Å². The molecule has 4 rings (SSSR count). The monoisotopic (exact) mass is 509 g/mol. The first kappa shape index (κ1) is 23.3. The Balaban J connectivity index is 1.50.